The Morgan fingerprint density at radius 2 is 1.58 bits per heavy atom. The molecule has 3 aromatic heterocycles. The molecule has 5 heteroatoms. The Balaban J connectivity index is 1.79. The molecule has 0 saturated carbocycles. The number of aromatic nitrogens is 3. The quantitative estimate of drug-likeness (QED) is 0.347. The van der Waals surface area contributed by atoms with Crippen molar-refractivity contribution in [1.29, 1.82) is 0 Å². The number of rotatable bonds is 5. The van der Waals surface area contributed by atoms with Gasteiger partial charge >= 0.3 is 0 Å². The van der Waals surface area contributed by atoms with Crippen LogP contribution in [0.15, 0.2) is 102 Å². The maximum atomic E-state index is 6.02. The summed E-state index contributed by atoms with van der Waals surface area (Å²) in [6.07, 6.45) is 6.30. The van der Waals surface area contributed by atoms with E-state index in [9.17, 15) is 0 Å². The van der Waals surface area contributed by atoms with Gasteiger partial charge in [-0.15, -0.1) is 0 Å². The van der Waals surface area contributed by atoms with E-state index in [0.717, 1.165) is 45.3 Å². The molecule has 5 rings (SSSR count). The fraction of sp³-hybridized carbons (Fsp3) is 0.0714. The van der Waals surface area contributed by atoms with Crippen LogP contribution in [-0.4, -0.2) is 20.7 Å². The van der Waals surface area contributed by atoms with Crippen molar-refractivity contribution in [3.05, 3.63) is 114 Å². The molecular formula is C28H23N5. The van der Waals surface area contributed by atoms with E-state index in [4.69, 9.17) is 15.7 Å². The molecule has 2 N–H and O–H groups in total. The molecule has 0 bridgehead atoms. The van der Waals surface area contributed by atoms with Gasteiger partial charge in [0.05, 0.1) is 11.4 Å². The molecule has 0 spiro atoms. The van der Waals surface area contributed by atoms with E-state index in [1.165, 1.54) is 5.56 Å². The Morgan fingerprint density at radius 3 is 2.24 bits per heavy atom. The zero-order valence-corrected chi connectivity index (χ0v) is 18.3. The molecule has 160 valence electrons. The highest BCUT2D eigenvalue weighted by Gasteiger charge is 2.14. The lowest BCUT2D eigenvalue weighted by Crippen LogP contribution is -2.03. The number of anilines is 1. The Kier molecular flexibility index (Phi) is 5.60. The van der Waals surface area contributed by atoms with E-state index in [0.29, 0.717) is 11.6 Å². The summed E-state index contributed by atoms with van der Waals surface area (Å²) in [4.78, 5) is 18.7. The molecule has 0 aliphatic carbocycles. The number of pyridine rings is 3. The summed E-state index contributed by atoms with van der Waals surface area (Å²) in [6, 6.07) is 26.2. The van der Waals surface area contributed by atoms with Gasteiger partial charge in [-0.05, 0) is 35.6 Å². The minimum absolute atomic E-state index is 0.461. The topological polar surface area (TPSA) is 77.0 Å². The molecule has 0 atom stereocenters. The molecule has 0 amide bonds. The zero-order valence-electron chi connectivity index (χ0n) is 18.3. The number of hydrogen-bond acceptors (Lipinski definition) is 5. The van der Waals surface area contributed by atoms with Gasteiger partial charge in [0, 0.05) is 40.7 Å². The van der Waals surface area contributed by atoms with Gasteiger partial charge in [-0.25, -0.2) is 15.0 Å². The first-order valence-corrected chi connectivity index (χ1v) is 10.9. The third-order valence-electron chi connectivity index (χ3n) is 5.60. The normalized spacial score (nSPS) is 10.8. The molecule has 2 aromatic carbocycles. The maximum absolute atomic E-state index is 6.02. The van der Waals surface area contributed by atoms with Crippen LogP contribution in [0.25, 0.3) is 22.0 Å². The first kappa shape index (κ1) is 20.5. The average Bonchev–Trinajstić information content (AvgIpc) is 2.87. The Hall–Kier alpha value is -4.38. The Bertz CT molecular complexity index is 1400. The molecule has 3 heterocycles. The van der Waals surface area contributed by atoms with Crippen LogP contribution in [0.2, 0.25) is 0 Å². The van der Waals surface area contributed by atoms with Crippen LogP contribution in [0.3, 0.4) is 0 Å². The van der Waals surface area contributed by atoms with Gasteiger partial charge in [0.25, 0.3) is 0 Å². The van der Waals surface area contributed by atoms with E-state index in [1.807, 2.05) is 67.0 Å². The van der Waals surface area contributed by atoms with Crippen molar-refractivity contribution in [1.82, 2.24) is 15.0 Å². The van der Waals surface area contributed by atoms with Crippen molar-refractivity contribution < 1.29 is 0 Å². The first-order chi connectivity index (χ1) is 16.2. The lowest BCUT2D eigenvalue weighted by molar-refractivity contribution is 1.11. The summed E-state index contributed by atoms with van der Waals surface area (Å²) in [5, 5.41) is 1.79. The maximum Gasteiger partial charge on any atom is 0.162 e. The van der Waals surface area contributed by atoms with Crippen molar-refractivity contribution >= 4 is 28.1 Å². The number of benzene rings is 2. The van der Waals surface area contributed by atoms with Crippen LogP contribution in [0.1, 0.15) is 23.6 Å². The van der Waals surface area contributed by atoms with Crippen LogP contribution >= 0.6 is 0 Å². The Morgan fingerprint density at radius 1 is 0.879 bits per heavy atom. The van der Waals surface area contributed by atoms with E-state index in [1.54, 1.807) is 6.20 Å². The van der Waals surface area contributed by atoms with E-state index >= 15 is 0 Å². The minimum atomic E-state index is 0.461. The molecule has 0 fully saturated rings. The number of aliphatic imine (C=N–C) groups is 1. The van der Waals surface area contributed by atoms with Crippen molar-refractivity contribution in [2.45, 2.75) is 13.3 Å². The summed E-state index contributed by atoms with van der Waals surface area (Å²) >= 11 is 0. The largest absolute Gasteiger partial charge is 0.384 e. The predicted octanol–water partition coefficient (Wildman–Crippen LogP) is 6.01. The highest BCUT2D eigenvalue weighted by atomic mass is 14.9. The number of aryl methyl sites for hydroxylation is 1. The second-order valence-corrected chi connectivity index (χ2v) is 7.74. The minimum Gasteiger partial charge on any atom is -0.384 e. The van der Waals surface area contributed by atoms with Gasteiger partial charge in [0.15, 0.2) is 5.82 Å². The monoisotopic (exact) mass is 429 g/mol. The van der Waals surface area contributed by atoms with Gasteiger partial charge in [-0.3, -0.25) is 4.98 Å². The average molecular weight is 430 g/mol. The van der Waals surface area contributed by atoms with Crippen LogP contribution < -0.4 is 5.73 Å². The van der Waals surface area contributed by atoms with Crippen molar-refractivity contribution in [2.75, 3.05) is 5.73 Å². The SMILES string of the molecule is CCc1ccncc1-c1cc2cc(N)ncc2c(N=C(c2ccccc2)c2ccccc2)n1. The summed E-state index contributed by atoms with van der Waals surface area (Å²) < 4.78 is 0. The molecule has 0 radical (unpaired) electrons. The van der Waals surface area contributed by atoms with Crippen LogP contribution in [0.5, 0.6) is 0 Å². The summed E-state index contributed by atoms with van der Waals surface area (Å²) in [5.74, 6) is 1.06. The molecule has 0 aliphatic rings. The smallest absolute Gasteiger partial charge is 0.162 e. The first-order valence-electron chi connectivity index (χ1n) is 10.9. The number of hydrogen-bond donors (Lipinski definition) is 1. The van der Waals surface area contributed by atoms with Crippen molar-refractivity contribution in [3.8, 4) is 11.3 Å². The Labute approximate surface area is 192 Å². The number of nitrogens with two attached hydrogens (primary N) is 1. The lowest BCUT2D eigenvalue weighted by Gasteiger charge is -2.12. The van der Waals surface area contributed by atoms with E-state index in [-0.39, 0.29) is 0 Å². The van der Waals surface area contributed by atoms with Gasteiger partial charge in [-0.2, -0.15) is 0 Å². The van der Waals surface area contributed by atoms with Crippen LogP contribution in [0, 0.1) is 0 Å². The molecular weight excluding hydrogens is 406 g/mol. The molecule has 5 aromatic rings. The standard InChI is InChI=1S/C28H23N5/c1-2-19-13-14-30-17-23(19)25-15-22-16-26(29)31-18-24(22)28(32-25)33-27(20-9-5-3-6-10-20)21-11-7-4-8-12-21/h3-18H,2H2,1H3,(H2,29,31). The second kappa shape index (κ2) is 9.01. The van der Waals surface area contributed by atoms with Crippen LogP contribution in [-0.2, 0) is 6.42 Å². The summed E-state index contributed by atoms with van der Waals surface area (Å²) in [5.41, 5.74) is 11.9. The van der Waals surface area contributed by atoms with Gasteiger partial charge < -0.3 is 5.73 Å². The number of nitrogen functional groups attached to an aromatic ring is 1. The molecule has 5 nitrogen and oxygen atoms in total. The number of fused-ring (bicyclic) bond motifs is 1. The highest BCUT2D eigenvalue weighted by Crippen LogP contribution is 2.32. The summed E-state index contributed by atoms with van der Waals surface area (Å²) in [6.45, 7) is 2.13. The fourth-order valence-corrected chi connectivity index (χ4v) is 3.93. The summed E-state index contributed by atoms with van der Waals surface area (Å²) in [7, 11) is 0. The third kappa shape index (κ3) is 4.21. The zero-order chi connectivity index (χ0) is 22.6. The fourth-order valence-electron chi connectivity index (χ4n) is 3.93. The predicted molar refractivity (Wildman–Crippen MR) is 135 cm³/mol. The van der Waals surface area contributed by atoms with E-state index in [2.05, 4.69) is 41.2 Å². The molecule has 0 aliphatic heterocycles. The number of nitrogens with zero attached hydrogens (tertiary/aromatic N) is 4. The van der Waals surface area contributed by atoms with Gasteiger partial charge in [0.1, 0.15) is 5.82 Å². The molecule has 33 heavy (non-hydrogen) atoms. The van der Waals surface area contributed by atoms with Gasteiger partial charge in [-0.1, -0.05) is 67.6 Å². The van der Waals surface area contributed by atoms with Gasteiger partial charge in [0.2, 0.25) is 0 Å². The van der Waals surface area contributed by atoms with Crippen molar-refractivity contribution in [3.63, 3.8) is 0 Å². The lowest BCUT2D eigenvalue weighted by atomic mass is 10.0. The second-order valence-electron chi connectivity index (χ2n) is 7.74. The molecule has 0 unspecified atom stereocenters. The molecule has 0 saturated heterocycles. The van der Waals surface area contributed by atoms with Crippen molar-refractivity contribution in [2.24, 2.45) is 4.99 Å². The van der Waals surface area contributed by atoms with E-state index < -0.39 is 0 Å². The highest BCUT2D eigenvalue weighted by molar-refractivity contribution is 6.14. The third-order valence-corrected chi connectivity index (χ3v) is 5.60. The van der Waals surface area contributed by atoms with Crippen LogP contribution in [0.4, 0.5) is 11.6 Å².